The number of aliphatic carboxylic acids is 1. The van der Waals surface area contributed by atoms with E-state index in [1.165, 1.54) is 6.92 Å². The van der Waals surface area contributed by atoms with Crippen LogP contribution in [0.15, 0.2) is 12.1 Å². The summed E-state index contributed by atoms with van der Waals surface area (Å²) >= 11 is 0. The highest BCUT2D eigenvalue weighted by atomic mass is 19.1. The number of carbonyl (C=O) groups is 1. The Bertz CT molecular complexity index is 435. The second kappa shape index (κ2) is 5.46. The molecule has 0 fully saturated rings. The van der Waals surface area contributed by atoms with Crippen LogP contribution in [0.5, 0.6) is 0 Å². The Balaban J connectivity index is 2.63. The Morgan fingerprint density at radius 2 is 1.89 bits per heavy atom. The quantitative estimate of drug-likeness (QED) is 0.743. The van der Waals surface area contributed by atoms with Crippen molar-refractivity contribution in [2.45, 2.75) is 32.9 Å². The highest BCUT2D eigenvalue weighted by molar-refractivity contribution is 5.76. The van der Waals surface area contributed by atoms with Crippen LogP contribution in [0.3, 0.4) is 0 Å². The summed E-state index contributed by atoms with van der Waals surface area (Å²) in [7, 11) is 0. The lowest BCUT2D eigenvalue weighted by atomic mass is 10.1. The van der Waals surface area contributed by atoms with Crippen LogP contribution in [0.2, 0.25) is 0 Å². The molecule has 0 aliphatic carbocycles. The Labute approximate surface area is 105 Å². The number of rotatable bonds is 5. The van der Waals surface area contributed by atoms with Gasteiger partial charge in [-0.2, -0.15) is 0 Å². The van der Waals surface area contributed by atoms with E-state index in [1.54, 1.807) is 26.0 Å². The number of hydrogen-bond acceptors (Lipinski definition) is 3. The minimum Gasteiger partial charge on any atom is -0.479 e. The van der Waals surface area contributed by atoms with Gasteiger partial charge in [-0.1, -0.05) is 12.1 Å². The minimum atomic E-state index is -1.80. The van der Waals surface area contributed by atoms with Crippen LogP contribution in [0, 0.1) is 19.7 Å². The maximum Gasteiger partial charge on any atom is 0.336 e. The fraction of sp³-hybridized carbons (Fsp3) is 0.462. The third kappa shape index (κ3) is 3.51. The first kappa shape index (κ1) is 14.6. The van der Waals surface area contributed by atoms with E-state index in [2.05, 4.69) is 5.32 Å². The van der Waals surface area contributed by atoms with Crippen LogP contribution in [0.4, 0.5) is 4.39 Å². The first-order valence-electron chi connectivity index (χ1n) is 5.66. The van der Waals surface area contributed by atoms with Gasteiger partial charge in [0.2, 0.25) is 0 Å². The van der Waals surface area contributed by atoms with Crippen LogP contribution in [-0.2, 0) is 11.3 Å². The summed E-state index contributed by atoms with van der Waals surface area (Å²) in [5.74, 6) is -1.50. The van der Waals surface area contributed by atoms with Gasteiger partial charge in [0.15, 0.2) is 5.60 Å². The molecule has 18 heavy (non-hydrogen) atoms. The van der Waals surface area contributed by atoms with Crippen LogP contribution in [0.1, 0.15) is 23.6 Å². The zero-order chi connectivity index (χ0) is 13.9. The predicted molar refractivity (Wildman–Crippen MR) is 65.8 cm³/mol. The fourth-order valence-corrected chi connectivity index (χ4v) is 1.66. The normalized spacial score (nSPS) is 14.3. The number of benzene rings is 1. The standard InChI is InChI=1S/C13H18FNO3/c1-8-4-10(5-9(2)11(8)14)6-15-7-13(3,18)12(16)17/h4-5,15,18H,6-7H2,1-3H3,(H,16,17). The van der Waals surface area contributed by atoms with Gasteiger partial charge in [0.05, 0.1) is 0 Å². The topological polar surface area (TPSA) is 69.6 Å². The highest BCUT2D eigenvalue weighted by Crippen LogP contribution is 2.14. The number of carboxylic acids is 1. The van der Waals surface area contributed by atoms with Gasteiger partial charge in [0, 0.05) is 13.1 Å². The molecule has 0 aromatic heterocycles. The Hall–Kier alpha value is -1.46. The number of carboxylic acid groups (broad SMARTS) is 1. The zero-order valence-electron chi connectivity index (χ0n) is 10.7. The molecule has 4 nitrogen and oxygen atoms in total. The van der Waals surface area contributed by atoms with Gasteiger partial charge in [-0.3, -0.25) is 0 Å². The third-order valence-electron chi connectivity index (χ3n) is 2.76. The van der Waals surface area contributed by atoms with E-state index in [0.29, 0.717) is 17.7 Å². The minimum absolute atomic E-state index is 0.0716. The molecule has 1 unspecified atom stereocenters. The van der Waals surface area contributed by atoms with Crippen LogP contribution in [-0.4, -0.2) is 28.3 Å². The lowest BCUT2D eigenvalue weighted by Gasteiger charge is -2.18. The predicted octanol–water partition coefficient (Wildman–Crippen LogP) is 1.37. The molecule has 0 aliphatic rings. The van der Waals surface area contributed by atoms with Gasteiger partial charge in [-0.05, 0) is 37.5 Å². The van der Waals surface area contributed by atoms with Gasteiger partial charge in [0.25, 0.3) is 0 Å². The van der Waals surface area contributed by atoms with E-state index < -0.39 is 11.6 Å². The maximum atomic E-state index is 13.4. The molecule has 0 heterocycles. The third-order valence-corrected chi connectivity index (χ3v) is 2.76. The van der Waals surface area contributed by atoms with Crippen molar-refractivity contribution in [1.82, 2.24) is 5.32 Å². The van der Waals surface area contributed by atoms with Crippen LogP contribution < -0.4 is 5.32 Å². The Kier molecular flexibility index (Phi) is 4.43. The second-order valence-electron chi connectivity index (χ2n) is 4.73. The fourth-order valence-electron chi connectivity index (χ4n) is 1.66. The van der Waals surface area contributed by atoms with Crippen molar-refractivity contribution in [2.75, 3.05) is 6.54 Å². The molecule has 1 rings (SSSR count). The summed E-state index contributed by atoms with van der Waals surface area (Å²) in [6.45, 7) is 4.89. The summed E-state index contributed by atoms with van der Waals surface area (Å²) in [5, 5.41) is 21.1. The van der Waals surface area contributed by atoms with Gasteiger partial charge < -0.3 is 15.5 Å². The van der Waals surface area contributed by atoms with Gasteiger partial charge >= 0.3 is 5.97 Å². The maximum absolute atomic E-state index is 13.4. The molecule has 0 saturated heterocycles. The van der Waals surface area contributed by atoms with Crippen molar-refractivity contribution < 1.29 is 19.4 Å². The van der Waals surface area contributed by atoms with E-state index in [-0.39, 0.29) is 12.4 Å². The molecule has 0 radical (unpaired) electrons. The van der Waals surface area contributed by atoms with Gasteiger partial charge in [-0.15, -0.1) is 0 Å². The monoisotopic (exact) mass is 255 g/mol. The zero-order valence-corrected chi connectivity index (χ0v) is 10.7. The molecule has 1 aromatic rings. The van der Waals surface area contributed by atoms with Crippen LogP contribution in [0.25, 0.3) is 0 Å². The van der Waals surface area contributed by atoms with E-state index in [9.17, 15) is 14.3 Å². The van der Waals surface area contributed by atoms with Crippen molar-refractivity contribution in [3.05, 3.63) is 34.6 Å². The summed E-state index contributed by atoms with van der Waals surface area (Å²) in [6, 6.07) is 3.40. The molecule has 3 N–H and O–H groups in total. The molecule has 1 aromatic carbocycles. The van der Waals surface area contributed by atoms with E-state index >= 15 is 0 Å². The number of hydrogen-bond donors (Lipinski definition) is 3. The highest BCUT2D eigenvalue weighted by Gasteiger charge is 2.29. The molecule has 0 bridgehead atoms. The lowest BCUT2D eigenvalue weighted by Crippen LogP contribution is -2.44. The summed E-state index contributed by atoms with van der Waals surface area (Å²) in [6.07, 6.45) is 0. The molecule has 0 amide bonds. The summed E-state index contributed by atoms with van der Waals surface area (Å²) < 4.78 is 13.4. The molecule has 0 spiro atoms. The van der Waals surface area contributed by atoms with E-state index in [1.807, 2.05) is 0 Å². The number of halogens is 1. The first-order chi connectivity index (χ1) is 8.24. The largest absolute Gasteiger partial charge is 0.479 e. The van der Waals surface area contributed by atoms with Gasteiger partial charge in [-0.25, -0.2) is 9.18 Å². The van der Waals surface area contributed by atoms with Crippen molar-refractivity contribution >= 4 is 5.97 Å². The lowest BCUT2D eigenvalue weighted by molar-refractivity contribution is -0.156. The van der Waals surface area contributed by atoms with Crippen molar-refractivity contribution in [2.24, 2.45) is 0 Å². The Morgan fingerprint density at radius 3 is 2.33 bits per heavy atom. The SMILES string of the molecule is Cc1cc(CNCC(C)(O)C(=O)O)cc(C)c1F. The average molecular weight is 255 g/mol. The average Bonchev–Trinajstić information content (AvgIpc) is 2.25. The molecule has 0 saturated carbocycles. The molecule has 0 aliphatic heterocycles. The molecular formula is C13H18FNO3. The molecule has 100 valence electrons. The van der Waals surface area contributed by atoms with E-state index in [4.69, 9.17) is 5.11 Å². The number of aryl methyl sites for hydroxylation is 2. The summed E-state index contributed by atoms with van der Waals surface area (Å²) in [4.78, 5) is 10.7. The van der Waals surface area contributed by atoms with Gasteiger partial charge in [0.1, 0.15) is 5.82 Å². The second-order valence-corrected chi connectivity index (χ2v) is 4.73. The number of nitrogens with one attached hydrogen (secondary N) is 1. The Morgan fingerprint density at radius 1 is 1.39 bits per heavy atom. The summed E-state index contributed by atoms with van der Waals surface area (Å²) in [5.41, 5.74) is 0.158. The van der Waals surface area contributed by atoms with Crippen molar-refractivity contribution in [3.63, 3.8) is 0 Å². The van der Waals surface area contributed by atoms with Crippen molar-refractivity contribution in [1.29, 1.82) is 0 Å². The smallest absolute Gasteiger partial charge is 0.336 e. The molecular weight excluding hydrogens is 237 g/mol. The first-order valence-corrected chi connectivity index (χ1v) is 5.66. The van der Waals surface area contributed by atoms with Crippen LogP contribution >= 0.6 is 0 Å². The van der Waals surface area contributed by atoms with Crippen molar-refractivity contribution in [3.8, 4) is 0 Å². The van der Waals surface area contributed by atoms with E-state index in [0.717, 1.165) is 5.56 Å². The molecule has 5 heteroatoms. The molecule has 1 atom stereocenters. The number of aliphatic hydroxyl groups is 1.